The summed E-state index contributed by atoms with van der Waals surface area (Å²) in [6.07, 6.45) is 2.21. The van der Waals surface area contributed by atoms with Crippen molar-refractivity contribution in [1.82, 2.24) is 14.8 Å². The quantitative estimate of drug-likeness (QED) is 0.750. The SMILES string of the molecule is CC(C)(C)n1c(CCl)nnc1C1CCCO1. The van der Waals surface area contributed by atoms with Gasteiger partial charge in [0.2, 0.25) is 0 Å². The fraction of sp³-hybridized carbons (Fsp3) is 0.818. The first kappa shape index (κ1) is 11.9. The molecule has 16 heavy (non-hydrogen) atoms. The Morgan fingerprint density at radius 1 is 1.44 bits per heavy atom. The topological polar surface area (TPSA) is 39.9 Å². The Morgan fingerprint density at radius 3 is 2.69 bits per heavy atom. The molecule has 0 aliphatic carbocycles. The van der Waals surface area contributed by atoms with E-state index in [9.17, 15) is 0 Å². The maximum Gasteiger partial charge on any atom is 0.162 e. The number of aromatic nitrogens is 3. The molecule has 5 heteroatoms. The van der Waals surface area contributed by atoms with Gasteiger partial charge in [-0.1, -0.05) is 0 Å². The molecule has 90 valence electrons. The molecule has 0 radical (unpaired) electrons. The van der Waals surface area contributed by atoms with Gasteiger partial charge in [-0.2, -0.15) is 0 Å². The molecule has 1 aromatic heterocycles. The van der Waals surface area contributed by atoms with Crippen LogP contribution in [0.5, 0.6) is 0 Å². The van der Waals surface area contributed by atoms with E-state index in [-0.39, 0.29) is 11.6 Å². The van der Waals surface area contributed by atoms with Crippen LogP contribution in [0.25, 0.3) is 0 Å². The predicted octanol–water partition coefficient (Wildman–Crippen LogP) is 2.62. The lowest BCUT2D eigenvalue weighted by atomic mass is 10.1. The van der Waals surface area contributed by atoms with E-state index < -0.39 is 0 Å². The third kappa shape index (κ3) is 2.09. The lowest BCUT2D eigenvalue weighted by Gasteiger charge is -2.26. The molecule has 0 amide bonds. The molecule has 0 spiro atoms. The van der Waals surface area contributed by atoms with Crippen LogP contribution in [0.2, 0.25) is 0 Å². The third-order valence-electron chi connectivity index (χ3n) is 2.76. The minimum absolute atomic E-state index is 0.0605. The highest BCUT2D eigenvalue weighted by Gasteiger charge is 2.29. The van der Waals surface area contributed by atoms with Gasteiger partial charge in [-0.3, -0.25) is 0 Å². The third-order valence-corrected chi connectivity index (χ3v) is 3.00. The van der Waals surface area contributed by atoms with Crippen LogP contribution in [-0.4, -0.2) is 21.4 Å². The predicted molar refractivity (Wildman–Crippen MR) is 62.5 cm³/mol. The summed E-state index contributed by atoms with van der Waals surface area (Å²) in [4.78, 5) is 0. The average molecular weight is 244 g/mol. The van der Waals surface area contributed by atoms with E-state index in [4.69, 9.17) is 16.3 Å². The number of halogens is 1. The van der Waals surface area contributed by atoms with Crippen molar-refractivity contribution in [3.8, 4) is 0 Å². The molecule has 0 bridgehead atoms. The Hall–Kier alpha value is -0.610. The molecule has 1 aliphatic rings. The highest BCUT2D eigenvalue weighted by atomic mass is 35.5. The summed E-state index contributed by atoms with van der Waals surface area (Å²) in [5.41, 5.74) is -0.0605. The molecule has 1 fully saturated rings. The normalized spacial score (nSPS) is 21.6. The molecule has 1 saturated heterocycles. The van der Waals surface area contributed by atoms with Crippen molar-refractivity contribution in [2.45, 2.75) is 51.1 Å². The highest BCUT2D eigenvalue weighted by Crippen LogP contribution is 2.31. The molecule has 1 unspecified atom stereocenters. The lowest BCUT2D eigenvalue weighted by Crippen LogP contribution is -2.27. The molecule has 2 rings (SSSR count). The zero-order valence-corrected chi connectivity index (χ0v) is 10.8. The molecule has 0 aromatic carbocycles. The van der Waals surface area contributed by atoms with Gasteiger partial charge >= 0.3 is 0 Å². The number of nitrogens with zero attached hydrogens (tertiary/aromatic N) is 3. The fourth-order valence-electron chi connectivity index (χ4n) is 2.14. The second-order valence-corrected chi connectivity index (χ2v) is 5.38. The van der Waals surface area contributed by atoms with Crippen LogP contribution in [0.1, 0.15) is 51.4 Å². The zero-order valence-electron chi connectivity index (χ0n) is 10.0. The minimum Gasteiger partial charge on any atom is -0.370 e. The van der Waals surface area contributed by atoms with Crippen LogP contribution in [0.15, 0.2) is 0 Å². The highest BCUT2D eigenvalue weighted by molar-refractivity contribution is 6.16. The van der Waals surface area contributed by atoms with E-state index in [0.29, 0.717) is 5.88 Å². The number of hydrogen-bond donors (Lipinski definition) is 0. The Bertz CT molecular complexity index is 364. The van der Waals surface area contributed by atoms with E-state index in [1.54, 1.807) is 0 Å². The second kappa shape index (κ2) is 4.34. The fourth-order valence-corrected chi connectivity index (χ4v) is 2.31. The van der Waals surface area contributed by atoms with E-state index >= 15 is 0 Å². The maximum atomic E-state index is 5.89. The Morgan fingerprint density at radius 2 is 2.19 bits per heavy atom. The van der Waals surface area contributed by atoms with Gasteiger partial charge in [0.05, 0.1) is 5.88 Å². The summed E-state index contributed by atoms with van der Waals surface area (Å²) in [6, 6.07) is 0. The summed E-state index contributed by atoms with van der Waals surface area (Å²) in [5, 5.41) is 8.39. The number of rotatable bonds is 2. The summed E-state index contributed by atoms with van der Waals surface area (Å²) in [7, 11) is 0. The summed E-state index contributed by atoms with van der Waals surface area (Å²) >= 11 is 5.89. The van der Waals surface area contributed by atoms with Gasteiger partial charge in [0.15, 0.2) is 5.82 Å². The Labute approximate surface area is 101 Å². The van der Waals surface area contributed by atoms with E-state index in [1.165, 1.54) is 0 Å². The standard InChI is InChI=1S/C11H18ClN3O/c1-11(2,3)15-9(7-12)13-14-10(15)8-5-4-6-16-8/h8H,4-7H2,1-3H3. The summed E-state index contributed by atoms with van der Waals surface area (Å²) < 4.78 is 7.77. The van der Waals surface area contributed by atoms with Crippen molar-refractivity contribution < 1.29 is 4.74 Å². The van der Waals surface area contributed by atoms with Crippen molar-refractivity contribution >= 4 is 11.6 Å². The second-order valence-electron chi connectivity index (χ2n) is 5.12. The largest absolute Gasteiger partial charge is 0.370 e. The summed E-state index contributed by atoms with van der Waals surface area (Å²) in [6.45, 7) is 7.21. The number of alkyl halides is 1. The summed E-state index contributed by atoms with van der Waals surface area (Å²) in [5.74, 6) is 2.12. The molecular weight excluding hydrogens is 226 g/mol. The first-order valence-electron chi connectivity index (χ1n) is 5.66. The van der Waals surface area contributed by atoms with E-state index in [1.807, 2.05) is 0 Å². The molecule has 4 nitrogen and oxygen atoms in total. The minimum atomic E-state index is -0.0605. The van der Waals surface area contributed by atoms with Gasteiger partial charge < -0.3 is 9.30 Å². The van der Waals surface area contributed by atoms with Crippen LogP contribution in [0, 0.1) is 0 Å². The zero-order chi connectivity index (χ0) is 11.8. The molecule has 0 saturated carbocycles. The van der Waals surface area contributed by atoms with Gasteiger partial charge in [-0.15, -0.1) is 21.8 Å². The first-order valence-corrected chi connectivity index (χ1v) is 6.19. The van der Waals surface area contributed by atoms with Gasteiger partial charge in [0, 0.05) is 12.1 Å². The van der Waals surface area contributed by atoms with Gasteiger partial charge in [-0.05, 0) is 33.6 Å². The average Bonchev–Trinajstić information content (AvgIpc) is 2.84. The van der Waals surface area contributed by atoms with Crippen molar-refractivity contribution in [3.63, 3.8) is 0 Å². The van der Waals surface area contributed by atoms with Gasteiger partial charge in [-0.25, -0.2) is 0 Å². The van der Waals surface area contributed by atoms with Crippen LogP contribution in [-0.2, 0) is 16.2 Å². The molecule has 1 aliphatic heterocycles. The lowest BCUT2D eigenvalue weighted by molar-refractivity contribution is 0.0973. The van der Waals surface area contributed by atoms with Gasteiger partial charge in [0.25, 0.3) is 0 Å². The van der Waals surface area contributed by atoms with Crippen molar-refractivity contribution in [2.75, 3.05) is 6.61 Å². The molecular formula is C11H18ClN3O. The number of hydrogen-bond acceptors (Lipinski definition) is 3. The van der Waals surface area contributed by atoms with Crippen LogP contribution < -0.4 is 0 Å². The Balaban J connectivity index is 2.41. The molecule has 0 N–H and O–H groups in total. The number of ether oxygens (including phenoxy) is 1. The molecule has 2 heterocycles. The van der Waals surface area contributed by atoms with Crippen LogP contribution in [0.4, 0.5) is 0 Å². The van der Waals surface area contributed by atoms with Crippen molar-refractivity contribution in [3.05, 3.63) is 11.6 Å². The van der Waals surface area contributed by atoms with E-state index in [2.05, 4.69) is 35.5 Å². The molecule has 1 atom stereocenters. The Kier molecular flexibility index (Phi) is 3.22. The van der Waals surface area contributed by atoms with E-state index in [0.717, 1.165) is 31.1 Å². The van der Waals surface area contributed by atoms with Crippen molar-refractivity contribution in [1.29, 1.82) is 0 Å². The van der Waals surface area contributed by atoms with Crippen molar-refractivity contribution in [2.24, 2.45) is 0 Å². The smallest absolute Gasteiger partial charge is 0.162 e. The molecule has 1 aromatic rings. The van der Waals surface area contributed by atoms with Crippen LogP contribution >= 0.6 is 11.6 Å². The van der Waals surface area contributed by atoms with Crippen LogP contribution in [0.3, 0.4) is 0 Å². The maximum absolute atomic E-state index is 5.89. The first-order chi connectivity index (χ1) is 7.54. The monoisotopic (exact) mass is 243 g/mol. The van der Waals surface area contributed by atoms with Gasteiger partial charge in [0.1, 0.15) is 11.9 Å².